The molecular formula is C19H20N2O8. The second-order valence-electron chi connectivity index (χ2n) is 6.32. The lowest BCUT2D eigenvalue weighted by atomic mass is 9.96. The zero-order valence-electron chi connectivity index (χ0n) is 15.2. The number of ether oxygens (including phenoxy) is 1. The highest BCUT2D eigenvalue weighted by atomic mass is 16.5. The molecule has 2 rings (SSSR count). The molecule has 0 saturated carbocycles. The lowest BCUT2D eigenvalue weighted by molar-refractivity contribution is -0.149. The number of carbonyl (C=O) groups excluding carboxylic acids is 1. The van der Waals surface area contributed by atoms with Crippen molar-refractivity contribution in [1.82, 2.24) is 0 Å². The Hall–Kier alpha value is -3.66. The average Bonchev–Trinajstić information content (AvgIpc) is 3.09. The summed E-state index contributed by atoms with van der Waals surface area (Å²) in [5.41, 5.74) is 5.82. The van der Waals surface area contributed by atoms with Crippen LogP contribution in [-0.4, -0.2) is 45.2 Å². The minimum atomic E-state index is -1.31. The van der Waals surface area contributed by atoms with Crippen LogP contribution in [-0.2, 0) is 16.0 Å². The Morgan fingerprint density at radius 1 is 1.10 bits per heavy atom. The first-order chi connectivity index (χ1) is 13.7. The number of hydrogen-bond donors (Lipinski definition) is 5. The molecular weight excluding hydrogens is 384 g/mol. The van der Waals surface area contributed by atoms with Gasteiger partial charge in [0.05, 0.1) is 18.4 Å². The number of carboxylic acid groups (broad SMARTS) is 2. The predicted molar refractivity (Wildman–Crippen MR) is 98.8 cm³/mol. The molecule has 0 aliphatic heterocycles. The summed E-state index contributed by atoms with van der Waals surface area (Å²) in [5, 5.41) is 35.1. The van der Waals surface area contributed by atoms with Crippen LogP contribution < -0.4 is 10.5 Å². The highest BCUT2D eigenvalue weighted by molar-refractivity contribution is 5.95. The molecule has 10 nitrogen and oxygen atoms in total. The Bertz CT molecular complexity index is 903. The zero-order chi connectivity index (χ0) is 21.6. The van der Waals surface area contributed by atoms with Crippen molar-refractivity contribution in [3.05, 3.63) is 53.5 Å². The van der Waals surface area contributed by atoms with Crippen molar-refractivity contribution >= 4 is 23.7 Å². The number of esters is 1. The van der Waals surface area contributed by atoms with Gasteiger partial charge in [-0.2, -0.15) is 0 Å². The number of nitrogens with two attached hydrogens (primary N) is 1. The second-order valence-corrected chi connectivity index (χ2v) is 6.32. The summed E-state index contributed by atoms with van der Waals surface area (Å²) in [5.74, 6) is -4.41. The first kappa shape index (κ1) is 21.6. The van der Waals surface area contributed by atoms with E-state index in [1.807, 2.05) is 0 Å². The molecule has 0 spiro atoms. The largest absolute Gasteiger partial charge is 0.481 e. The Balaban J connectivity index is 1.95. The molecule has 154 valence electrons. The van der Waals surface area contributed by atoms with Crippen LogP contribution in [0.2, 0.25) is 0 Å². The van der Waals surface area contributed by atoms with Crippen molar-refractivity contribution in [2.24, 2.45) is 11.7 Å². The van der Waals surface area contributed by atoms with Crippen LogP contribution in [0.5, 0.6) is 5.75 Å². The van der Waals surface area contributed by atoms with Gasteiger partial charge in [0, 0.05) is 12.0 Å². The van der Waals surface area contributed by atoms with E-state index in [0.29, 0.717) is 5.56 Å². The fourth-order valence-corrected chi connectivity index (χ4v) is 2.58. The molecule has 0 amide bonds. The summed E-state index contributed by atoms with van der Waals surface area (Å²) in [6.07, 6.45) is -2.14. The number of amidine groups is 1. The normalized spacial score (nSPS) is 12.7. The maximum absolute atomic E-state index is 12.1. The van der Waals surface area contributed by atoms with Gasteiger partial charge in [0.1, 0.15) is 17.3 Å². The molecule has 0 bridgehead atoms. The zero-order valence-corrected chi connectivity index (χ0v) is 15.2. The summed E-state index contributed by atoms with van der Waals surface area (Å²) in [6, 6.07) is 8.76. The SMILES string of the molecule is N=C(N)c1ccc(OC(=O)c2ccc(C[C@H](O)C[C@@H](CC(=O)O)C(=O)O)o2)cc1. The molecule has 1 aromatic carbocycles. The number of carbonyl (C=O) groups is 3. The number of rotatable bonds is 10. The van der Waals surface area contributed by atoms with Crippen LogP contribution in [0.15, 0.2) is 40.8 Å². The summed E-state index contributed by atoms with van der Waals surface area (Å²) in [4.78, 5) is 33.9. The maximum atomic E-state index is 12.1. The Labute approximate surface area is 165 Å². The van der Waals surface area contributed by atoms with Gasteiger partial charge in [-0.25, -0.2) is 4.79 Å². The van der Waals surface area contributed by atoms with Crippen LogP contribution in [0.25, 0.3) is 0 Å². The molecule has 0 fully saturated rings. The number of nitrogens with one attached hydrogen (secondary N) is 1. The van der Waals surface area contributed by atoms with Gasteiger partial charge < -0.3 is 30.2 Å². The van der Waals surface area contributed by atoms with Crippen LogP contribution in [0.1, 0.15) is 34.7 Å². The molecule has 1 aromatic heterocycles. The quantitative estimate of drug-likeness (QED) is 0.168. The van der Waals surface area contributed by atoms with Crippen LogP contribution in [0.4, 0.5) is 0 Å². The van der Waals surface area contributed by atoms with Gasteiger partial charge >= 0.3 is 17.9 Å². The molecule has 0 aliphatic carbocycles. The Kier molecular flexibility index (Phi) is 7.10. The fraction of sp³-hybridized carbons (Fsp3) is 0.263. The monoisotopic (exact) mass is 404 g/mol. The Morgan fingerprint density at radius 3 is 2.31 bits per heavy atom. The molecule has 1 heterocycles. The number of aliphatic hydroxyl groups excluding tert-OH is 1. The van der Waals surface area contributed by atoms with E-state index in [1.54, 1.807) is 0 Å². The van der Waals surface area contributed by atoms with E-state index in [2.05, 4.69) is 0 Å². The van der Waals surface area contributed by atoms with Gasteiger partial charge in [0.2, 0.25) is 5.76 Å². The van der Waals surface area contributed by atoms with Crippen molar-refractivity contribution in [2.75, 3.05) is 0 Å². The first-order valence-electron chi connectivity index (χ1n) is 8.53. The van der Waals surface area contributed by atoms with E-state index in [1.165, 1.54) is 36.4 Å². The van der Waals surface area contributed by atoms with E-state index >= 15 is 0 Å². The van der Waals surface area contributed by atoms with Crippen molar-refractivity contribution in [3.63, 3.8) is 0 Å². The summed E-state index contributed by atoms with van der Waals surface area (Å²) in [7, 11) is 0. The van der Waals surface area contributed by atoms with Crippen molar-refractivity contribution in [3.8, 4) is 5.75 Å². The second kappa shape index (κ2) is 9.51. The number of aliphatic carboxylic acids is 2. The highest BCUT2D eigenvalue weighted by Crippen LogP contribution is 2.19. The van der Waals surface area contributed by atoms with Gasteiger partial charge in [0.25, 0.3) is 0 Å². The van der Waals surface area contributed by atoms with Crippen molar-refractivity contribution in [1.29, 1.82) is 5.41 Å². The van der Waals surface area contributed by atoms with Crippen molar-refractivity contribution < 1.29 is 38.9 Å². The van der Waals surface area contributed by atoms with Gasteiger partial charge in [0.15, 0.2) is 0 Å². The minimum Gasteiger partial charge on any atom is -0.481 e. The number of aliphatic hydroxyl groups is 1. The van der Waals surface area contributed by atoms with Crippen LogP contribution in [0.3, 0.4) is 0 Å². The maximum Gasteiger partial charge on any atom is 0.379 e. The first-order valence-corrected chi connectivity index (χ1v) is 8.53. The average molecular weight is 404 g/mol. The van der Waals surface area contributed by atoms with E-state index in [0.717, 1.165) is 0 Å². The van der Waals surface area contributed by atoms with Crippen LogP contribution in [0, 0.1) is 11.3 Å². The molecule has 0 saturated heterocycles. The molecule has 29 heavy (non-hydrogen) atoms. The third-order valence-corrected chi connectivity index (χ3v) is 4.00. The fourth-order valence-electron chi connectivity index (χ4n) is 2.58. The number of nitrogen functional groups attached to an aromatic ring is 1. The third kappa shape index (κ3) is 6.47. The van der Waals surface area contributed by atoms with Gasteiger partial charge in [-0.15, -0.1) is 0 Å². The summed E-state index contributed by atoms with van der Waals surface area (Å²) >= 11 is 0. The smallest absolute Gasteiger partial charge is 0.379 e. The third-order valence-electron chi connectivity index (χ3n) is 4.00. The van der Waals surface area contributed by atoms with Gasteiger partial charge in [-0.3, -0.25) is 15.0 Å². The summed E-state index contributed by atoms with van der Waals surface area (Å²) in [6.45, 7) is 0. The lowest BCUT2D eigenvalue weighted by Crippen LogP contribution is -2.24. The highest BCUT2D eigenvalue weighted by Gasteiger charge is 2.25. The topological polar surface area (TPSA) is 184 Å². The number of carboxylic acids is 2. The predicted octanol–water partition coefficient (Wildman–Crippen LogP) is 1.25. The Morgan fingerprint density at radius 2 is 1.76 bits per heavy atom. The van der Waals surface area contributed by atoms with Crippen LogP contribution >= 0.6 is 0 Å². The van der Waals surface area contributed by atoms with E-state index in [-0.39, 0.29) is 35.9 Å². The van der Waals surface area contributed by atoms with E-state index in [9.17, 15) is 19.5 Å². The molecule has 2 aromatic rings. The number of furan rings is 1. The number of hydrogen-bond acceptors (Lipinski definition) is 7. The van der Waals surface area contributed by atoms with E-state index < -0.39 is 36.4 Å². The van der Waals surface area contributed by atoms with Gasteiger partial charge in [-0.05, 0) is 42.8 Å². The standard InChI is InChI=1S/C19H20N2O8/c20-17(21)10-1-3-13(4-2-10)29-19(27)15-6-5-14(28-15)9-12(22)7-11(18(25)26)8-16(23)24/h1-6,11-12,22H,7-9H2,(H3,20,21)(H,23,24)(H,25,26)/t11-,12+/m0/s1. The van der Waals surface area contributed by atoms with Gasteiger partial charge in [-0.1, -0.05) is 0 Å². The minimum absolute atomic E-state index is 0.0933. The molecule has 10 heteroatoms. The van der Waals surface area contributed by atoms with E-state index in [4.69, 9.17) is 30.5 Å². The molecule has 0 unspecified atom stereocenters. The number of benzene rings is 1. The molecule has 0 aliphatic rings. The lowest BCUT2D eigenvalue weighted by Gasteiger charge is -2.14. The summed E-state index contributed by atoms with van der Waals surface area (Å²) < 4.78 is 10.5. The molecule has 6 N–H and O–H groups in total. The molecule has 0 radical (unpaired) electrons. The molecule has 2 atom stereocenters. The van der Waals surface area contributed by atoms with Crippen molar-refractivity contribution in [2.45, 2.75) is 25.4 Å².